The Morgan fingerprint density at radius 1 is 1.24 bits per heavy atom. The van der Waals surface area contributed by atoms with Crippen molar-refractivity contribution in [1.82, 2.24) is 5.32 Å². The quantitative estimate of drug-likeness (QED) is 0.818. The summed E-state index contributed by atoms with van der Waals surface area (Å²) >= 11 is 0. The lowest BCUT2D eigenvalue weighted by Gasteiger charge is -2.09. The van der Waals surface area contributed by atoms with Crippen LogP contribution in [0.4, 0.5) is 0 Å². The summed E-state index contributed by atoms with van der Waals surface area (Å²) in [4.78, 5) is 0. The van der Waals surface area contributed by atoms with Gasteiger partial charge in [0.25, 0.3) is 0 Å². The Kier molecular flexibility index (Phi) is 4.77. The Balaban J connectivity index is 1.93. The van der Waals surface area contributed by atoms with Crippen molar-refractivity contribution in [1.29, 1.82) is 0 Å². The zero-order valence-electron chi connectivity index (χ0n) is 12.4. The van der Waals surface area contributed by atoms with Crippen molar-refractivity contribution in [3.8, 4) is 5.75 Å². The second-order valence-electron chi connectivity index (χ2n) is 4.84. The normalized spacial score (nSPS) is 10.1. The van der Waals surface area contributed by atoms with Crippen molar-refractivity contribution < 1.29 is 8.98 Å². The van der Waals surface area contributed by atoms with Gasteiger partial charge >= 0.3 is 0 Å². The zero-order chi connectivity index (χ0) is 15.2. The van der Waals surface area contributed by atoms with Gasteiger partial charge in [-0.15, -0.1) is 0 Å². The topological polar surface area (TPSA) is 27.2 Å². The number of methoxy groups -OCH3 is 1. The maximum absolute atomic E-state index is 5.15. The van der Waals surface area contributed by atoms with Crippen molar-refractivity contribution >= 4 is 12.3 Å². The van der Waals surface area contributed by atoms with Gasteiger partial charge in [-0.25, -0.2) is 0 Å². The first-order valence-electron chi connectivity index (χ1n) is 6.85. The van der Waals surface area contributed by atoms with Crippen LogP contribution in [0.25, 0.3) is 12.3 Å². The predicted octanol–water partition coefficient (Wildman–Crippen LogP) is 1.84. The zero-order valence-corrected chi connectivity index (χ0v) is 12.4. The molecule has 0 atom stereocenters. The van der Waals surface area contributed by atoms with Gasteiger partial charge < -0.3 is 10.1 Å². The first-order chi connectivity index (χ1) is 10.1. The van der Waals surface area contributed by atoms with Crippen LogP contribution in [-0.4, -0.2) is 13.7 Å². The Hall–Kier alpha value is -2.55. The van der Waals surface area contributed by atoms with Crippen LogP contribution in [0.1, 0.15) is 11.1 Å². The maximum atomic E-state index is 5.15. The molecule has 1 N–H and O–H groups in total. The molecule has 108 valence electrons. The van der Waals surface area contributed by atoms with Crippen LogP contribution in [0.3, 0.4) is 0 Å². The summed E-state index contributed by atoms with van der Waals surface area (Å²) in [5.41, 5.74) is 3.11. The smallest absolute Gasteiger partial charge is 0.212 e. The molecule has 1 aromatic heterocycles. The van der Waals surface area contributed by atoms with Gasteiger partial charge in [-0.1, -0.05) is 18.7 Å². The number of hydrogen-bond acceptors (Lipinski definition) is 2. The molecule has 3 nitrogen and oxygen atoms in total. The van der Waals surface area contributed by atoms with Gasteiger partial charge in [0.15, 0.2) is 6.20 Å². The van der Waals surface area contributed by atoms with Crippen LogP contribution in [0.15, 0.2) is 49.2 Å². The van der Waals surface area contributed by atoms with Crippen molar-refractivity contribution in [3.63, 3.8) is 0 Å². The van der Waals surface area contributed by atoms with Crippen LogP contribution in [-0.2, 0) is 6.42 Å². The van der Waals surface area contributed by atoms with Crippen molar-refractivity contribution in [3.05, 3.63) is 72.4 Å². The van der Waals surface area contributed by atoms with Crippen LogP contribution in [0, 0.1) is 6.72 Å². The summed E-state index contributed by atoms with van der Waals surface area (Å²) in [6.07, 6.45) is 2.79. The Morgan fingerprint density at radius 3 is 2.62 bits per heavy atom. The number of rotatable bonds is 6. The molecule has 0 amide bonds. The molecule has 3 heteroatoms. The maximum Gasteiger partial charge on any atom is 0.212 e. The van der Waals surface area contributed by atoms with E-state index in [0.717, 1.165) is 35.3 Å². The molecule has 0 bridgehead atoms. The number of nitrogens with zero attached hydrogens (tertiary/aromatic N) is 1. The lowest BCUT2D eigenvalue weighted by atomic mass is 10.1. The third-order valence-corrected chi connectivity index (χ3v) is 3.42. The molecule has 2 aromatic rings. The molecule has 0 spiro atoms. The summed E-state index contributed by atoms with van der Waals surface area (Å²) in [6, 6.07) is 12.0. The largest absolute Gasteiger partial charge is 0.497 e. The third-order valence-electron chi connectivity index (χ3n) is 3.42. The van der Waals surface area contributed by atoms with Gasteiger partial charge in [0.2, 0.25) is 5.35 Å². The molecule has 2 rings (SSSR count). The van der Waals surface area contributed by atoms with E-state index < -0.39 is 0 Å². The standard InChI is InChI=1S/C18H21N2O/c1-14(18-6-5-13-20(3)15(18)2)19-12-11-16-7-9-17(21-4)10-8-16/h5-10,13,19H,1-3,11-12H2,4H3/q+1. The summed E-state index contributed by atoms with van der Waals surface area (Å²) < 4.78 is 6.89. The molecule has 1 aromatic carbocycles. The summed E-state index contributed by atoms with van der Waals surface area (Å²) in [5, 5.41) is 4.18. The van der Waals surface area contributed by atoms with E-state index >= 15 is 0 Å². The fourth-order valence-electron chi connectivity index (χ4n) is 2.10. The Labute approximate surface area is 125 Å². The minimum atomic E-state index is 0.816. The molecule has 0 unspecified atom stereocenters. The molecule has 21 heavy (non-hydrogen) atoms. The van der Waals surface area contributed by atoms with Gasteiger partial charge in [-0.2, -0.15) is 4.24 Å². The van der Waals surface area contributed by atoms with Gasteiger partial charge in [0.05, 0.1) is 12.7 Å². The molecule has 0 fully saturated rings. The van der Waals surface area contributed by atoms with E-state index in [1.54, 1.807) is 11.4 Å². The van der Waals surface area contributed by atoms with E-state index in [4.69, 9.17) is 4.74 Å². The summed E-state index contributed by atoms with van der Waals surface area (Å²) in [6.45, 7) is 12.8. The molecular formula is C18H21N2O+. The average molecular weight is 281 g/mol. The van der Waals surface area contributed by atoms with Gasteiger partial charge in [0, 0.05) is 18.3 Å². The highest BCUT2D eigenvalue weighted by molar-refractivity contribution is 5.60. The Morgan fingerprint density at radius 2 is 1.95 bits per heavy atom. The number of nitrogens with one attached hydrogen (secondary N) is 1. The summed E-state index contributed by atoms with van der Waals surface area (Å²) in [5.74, 6) is 0.877. The lowest BCUT2D eigenvalue weighted by Crippen LogP contribution is -2.37. The van der Waals surface area contributed by atoms with Crippen molar-refractivity contribution in [2.75, 3.05) is 13.7 Å². The van der Waals surface area contributed by atoms with Crippen molar-refractivity contribution in [2.45, 2.75) is 6.42 Å². The van der Waals surface area contributed by atoms with Gasteiger partial charge in [0.1, 0.15) is 12.5 Å². The lowest BCUT2D eigenvalue weighted by molar-refractivity contribution is -0.513. The van der Waals surface area contributed by atoms with E-state index in [9.17, 15) is 0 Å². The van der Waals surface area contributed by atoms with Crippen LogP contribution < -0.4 is 19.6 Å². The summed E-state index contributed by atoms with van der Waals surface area (Å²) in [7, 11) is 1.67. The number of aromatic nitrogens is 1. The average Bonchev–Trinajstić information content (AvgIpc) is 2.50. The molecule has 0 saturated heterocycles. The van der Waals surface area contributed by atoms with Gasteiger partial charge in [-0.3, -0.25) is 0 Å². The van der Waals surface area contributed by atoms with Gasteiger partial charge in [-0.05, 0) is 36.8 Å². The Bertz CT molecular complexity index is 720. The van der Waals surface area contributed by atoms with E-state index in [0.29, 0.717) is 0 Å². The predicted molar refractivity (Wildman–Crippen MR) is 86.3 cm³/mol. The molecule has 0 aliphatic rings. The highest BCUT2D eigenvalue weighted by Gasteiger charge is 2.04. The second kappa shape index (κ2) is 6.75. The van der Waals surface area contributed by atoms with Crippen LogP contribution in [0.5, 0.6) is 5.75 Å². The molecule has 0 saturated carbocycles. The molecule has 0 aliphatic carbocycles. The number of benzene rings is 1. The first kappa shape index (κ1) is 14.9. The molecular weight excluding hydrogens is 260 g/mol. The SMILES string of the molecule is C=C(NCCc1ccc(OC)cc1)c1ccc[n+](=C)c1=C. The monoisotopic (exact) mass is 281 g/mol. The van der Waals surface area contributed by atoms with E-state index in [2.05, 4.69) is 37.3 Å². The first-order valence-corrected chi connectivity index (χ1v) is 6.85. The molecule has 1 heterocycles. The fourth-order valence-corrected chi connectivity index (χ4v) is 2.10. The van der Waals surface area contributed by atoms with Crippen LogP contribution >= 0.6 is 0 Å². The molecule has 0 aliphatic heterocycles. The molecule has 0 radical (unpaired) electrons. The highest BCUT2D eigenvalue weighted by Crippen LogP contribution is 2.11. The fraction of sp³-hybridized carbons (Fsp3) is 0.167. The van der Waals surface area contributed by atoms with E-state index in [1.807, 2.05) is 30.5 Å². The second-order valence-corrected chi connectivity index (χ2v) is 4.84. The number of pyridine rings is 1. The minimum Gasteiger partial charge on any atom is -0.497 e. The van der Waals surface area contributed by atoms with E-state index in [-0.39, 0.29) is 0 Å². The highest BCUT2D eigenvalue weighted by atomic mass is 16.5. The third kappa shape index (κ3) is 3.72. The number of ether oxygens (including phenoxy) is 1. The van der Waals surface area contributed by atoms with E-state index in [1.165, 1.54) is 5.56 Å². The number of hydrogen-bond donors (Lipinski definition) is 1. The minimum absolute atomic E-state index is 0.816. The van der Waals surface area contributed by atoms with Crippen LogP contribution in [0.2, 0.25) is 0 Å². The van der Waals surface area contributed by atoms with Crippen molar-refractivity contribution in [2.24, 2.45) is 0 Å².